The fourth-order valence-corrected chi connectivity index (χ4v) is 1.29. The Balaban J connectivity index is 2.14. The lowest BCUT2D eigenvalue weighted by molar-refractivity contribution is 1.06. The molecule has 2 heterocycles. The Labute approximate surface area is 81.6 Å². The molecule has 0 amide bonds. The molecule has 2 N–H and O–H groups in total. The Morgan fingerprint density at radius 3 is 3.36 bits per heavy atom. The Morgan fingerprint density at radius 1 is 1.57 bits per heavy atom. The van der Waals surface area contributed by atoms with E-state index in [1.165, 1.54) is 0 Å². The maximum Gasteiger partial charge on any atom is 0.126 e. The number of pyridine rings is 1. The number of fused-ring (bicyclic) bond motifs is 1. The maximum atomic E-state index is 8.37. The SMILES string of the molecule is N#CCCNc1cc2cc[nH]c2cn1. The first-order valence-corrected chi connectivity index (χ1v) is 4.44. The van der Waals surface area contributed by atoms with Crippen LogP contribution >= 0.6 is 0 Å². The predicted octanol–water partition coefficient (Wildman–Crippen LogP) is 1.89. The molecule has 2 rings (SSSR count). The highest BCUT2D eigenvalue weighted by atomic mass is 15.0. The van der Waals surface area contributed by atoms with Crippen LogP contribution in [0.15, 0.2) is 24.5 Å². The lowest BCUT2D eigenvalue weighted by Gasteiger charge is -2.01. The molecule has 0 bridgehead atoms. The summed E-state index contributed by atoms with van der Waals surface area (Å²) < 4.78 is 0. The van der Waals surface area contributed by atoms with E-state index in [-0.39, 0.29) is 0 Å². The molecule has 70 valence electrons. The number of rotatable bonds is 3. The van der Waals surface area contributed by atoms with Crippen LogP contribution in [0.3, 0.4) is 0 Å². The number of nitriles is 1. The van der Waals surface area contributed by atoms with E-state index >= 15 is 0 Å². The van der Waals surface area contributed by atoms with E-state index in [1.54, 1.807) is 6.20 Å². The smallest absolute Gasteiger partial charge is 0.126 e. The third-order valence-corrected chi connectivity index (χ3v) is 1.98. The Bertz CT molecular complexity index is 466. The van der Waals surface area contributed by atoms with Gasteiger partial charge in [-0.25, -0.2) is 4.98 Å². The molecule has 0 fully saturated rings. The van der Waals surface area contributed by atoms with Crippen LogP contribution in [-0.4, -0.2) is 16.5 Å². The van der Waals surface area contributed by atoms with E-state index in [4.69, 9.17) is 5.26 Å². The van der Waals surface area contributed by atoms with Gasteiger partial charge in [0, 0.05) is 18.1 Å². The molecule has 0 atom stereocenters. The minimum Gasteiger partial charge on any atom is -0.369 e. The molecule has 0 radical (unpaired) electrons. The minimum atomic E-state index is 0.493. The highest BCUT2D eigenvalue weighted by Crippen LogP contribution is 2.14. The van der Waals surface area contributed by atoms with Gasteiger partial charge in [-0.1, -0.05) is 0 Å². The van der Waals surface area contributed by atoms with Gasteiger partial charge in [-0.15, -0.1) is 0 Å². The van der Waals surface area contributed by atoms with Crippen molar-refractivity contribution in [2.24, 2.45) is 0 Å². The third-order valence-electron chi connectivity index (χ3n) is 1.98. The number of hydrogen-bond donors (Lipinski definition) is 2. The van der Waals surface area contributed by atoms with Gasteiger partial charge in [-0.3, -0.25) is 0 Å². The van der Waals surface area contributed by atoms with E-state index in [0.717, 1.165) is 16.7 Å². The largest absolute Gasteiger partial charge is 0.369 e. The van der Waals surface area contributed by atoms with E-state index in [1.807, 2.05) is 18.3 Å². The van der Waals surface area contributed by atoms with Crippen molar-refractivity contribution in [1.82, 2.24) is 9.97 Å². The Morgan fingerprint density at radius 2 is 2.50 bits per heavy atom. The van der Waals surface area contributed by atoms with Gasteiger partial charge < -0.3 is 10.3 Å². The molecule has 0 saturated carbocycles. The monoisotopic (exact) mass is 186 g/mol. The van der Waals surface area contributed by atoms with Crippen LogP contribution in [0.25, 0.3) is 10.9 Å². The van der Waals surface area contributed by atoms with Gasteiger partial charge in [0.1, 0.15) is 5.82 Å². The minimum absolute atomic E-state index is 0.493. The summed E-state index contributed by atoms with van der Waals surface area (Å²) in [6.45, 7) is 0.638. The number of nitrogens with one attached hydrogen (secondary N) is 2. The van der Waals surface area contributed by atoms with Crippen LogP contribution in [0.4, 0.5) is 5.82 Å². The van der Waals surface area contributed by atoms with Crippen LogP contribution in [-0.2, 0) is 0 Å². The summed E-state index contributed by atoms with van der Waals surface area (Å²) in [6.07, 6.45) is 4.16. The number of H-pyrrole nitrogens is 1. The van der Waals surface area contributed by atoms with Gasteiger partial charge in [0.25, 0.3) is 0 Å². The zero-order valence-corrected chi connectivity index (χ0v) is 7.62. The normalized spacial score (nSPS) is 9.93. The Kier molecular flexibility index (Phi) is 2.32. The molecular weight excluding hydrogens is 176 g/mol. The second-order valence-corrected chi connectivity index (χ2v) is 2.97. The zero-order chi connectivity index (χ0) is 9.80. The topological polar surface area (TPSA) is 64.5 Å². The molecule has 0 spiro atoms. The standard InChI is InChI=1S/C10H10N4/c11-3-1-4-13-10-6-8-2-5-12-9(8)7-14-10/h2,5-7,12H,1,4H2,(H,13,14). The molecule has 0 aliphatic heterocycles. The molecule has 2 aromatic heterocycles. The second kappa shape index (κ2) is 3.79. The lowest BCUT2D eigenvalue weighted by atomic mass is 10.3. The van der Waals surface area contributed by atoms with Gasteiger partial charge in [-0.2, -0.15) is 5.26 Å². The fraction of sp³-hybridized carbons (Fsp3) is 0.200. The molecule has 0 aliphatic carbocycles. The second-order valence-electron chi connectivity index (χ2n) is 2.97. The van der Waals surface area contributed by atoms with E-state index in [0.29, 0.717) is 13.0 Å². The number of aromatic nitrogens is 2. The average molecular weight is 186 g/mol. The van der Waals surface area contributed by atoms with E-state index in [9.17, 15) is 0 Å². The molecule has 4 heteroatoms. The van der Waals surface area contributed by atoms with E-state index < -0.39 is 0 Å². The van der Waals surface area contributed by atoms with Crippen molar-refractivity contribution in [2.45, 2.75) is 6.42 Å². The fourth-order valence-electron chi connectivity index (χ4n) is 1.29. The van der Waals surface area contributed by atoms with Crippen LogP contribution in [0.1, 0.15) is 6.42 Å². The first kappa shape index (κ1) is 8.57. The highest BCUT2D eigenvalue weighted by molar-refractivity contribution is 5.80. The molecule has 0 unspecified atom stereocenters. The summed E-state index contributed by atoms with van der Waals surface area (Å²) in [4.78, 5) is 7.27. The first-order chi connectivity index (χ1) is 6.90. The molecule has 4 nitrogen and oxygen atoms in total. The van der Waals surface area contributed by atoms with Gasteiger partial charge in [0.2, 0.25) is 0 Å². The number of nitrogens with zero attached hydrogens (tertiary/aromatic N) is 2. The molecule has 2 aromatic rings. The van der Waals surface area contributed by atoms with Crippen molar-refractivity contribution in [1.29, 1.82) is 5.26 Å². The van der Waals surface area contributed by atoms with Crippen molar-refractivity contribution in [3.63, 3.8) is 0 Å². The van der Waals surface area contributed by atoms with Crippen LogP contribution in [0, 0.1) is 11.3 Å². The predicted molar refractivity (Wildman–Crippen MR) is 54.8 cm³/mol. The van der Waals surface area contributed by atoms with Crippen molar-refractivity contribution in [2.75, 3.05) is 11.9 Å². The Hall–Kier alpha value is -2.02. The maximum absolute atomic E-state index is 8.37. The summed E-state index contributed by atoms with van der Waals surface area (Å²) in [5.41, 5.74) is 1.02. The van der Waals surface area contributed by atoms with Crippen LogP contribution in [0.2, 0.25) is 0 Å². The van der Waals surface area contributed by atoms with Gasteiger partial charge in [0.15, 0.2) is 0 Å². The van der Waals surface area contributed by atoms with Crippen LogP contribution in [0.5, 0.6) is 0 Å². The van der Waals surface area contributed by atoms with Gasteiger partial charge in [0.05, 0.1) is 24.2 Å². The first-order valence-electron chi connectivity index (χ1n) is 4.44. The van der Waals surface area contributed by atoms with Gasteiger partial charge >= 0.3 is 0 Å². The quantitative estimate of drug-likeness (QED) is 0.719. The van der Waals surface area contributed by atoms with Crippen molar-refractivity contribution in [3.8, 4) is 6.07 Å². The molecule has 0 saturated heterocycles. The molecule has 0 aliphatic rings. The molecule has 14 heavy (non-hydrogen) atoms. The summed E-state index contributed by atoms with van der Waals surface area (Å²) in [5, 5.41) is 12.6. The van der Waals surface area contributed by atoms with Crippen molar-refractivity contribution >= 4 is 16.7 Å². The summed E-state index contributed by atoms with van der Waals surface area (Å²) in [5.74, 6) is 0.812. The van der Waals surface area contributed by atoms with Crippen LogP contribution < -0.4 is 5.32 Å². The van der Waals surface area contributed by atoms with E-state index in [2.05, 4.69) is 21.4 Å². The number of aromatic amines is 1. The molecule has 0 aromatic carbocycles. The summed E-state index contributed by atoms with van der Waals surface area (Å²) >= 11 is 0. The lowest BCUT2D eigenvalue weighted by Crippen LogP contribution is -2.01. The third kappa shape index (κ3) is 1.67. The molecular formula is C10H10N4. The van der Waals surface area contributed by atoms with Crippen molar-refractivity contribution < 1.29 is 0 Å². The number of anilines is 1. The summed E-state index contributed by atoms with van der Waals surface area (Å²) in [6, 6.07) is 6.03. The highest BCUT2D eigenvalue weighted by Gasteiger charge is 1.97. The van der Waals surface area contributed by atoms with Crippen molar-refractivity contribution in [3.05, 3.63) is 24.5 Å². The zero-order valence-electron chi connectivity index (χ0n) is 7.62. The number of hydrogen-bond acceptors (Lipinski definition) is 3. The van der Waals surface area contributed by atoms with Gasteiger partial charge in [-0.05, 0) is 12.1 Å². The average Bonchev–Trinajstić information content (AvgIpc) is 2.65. The summed E-state index contributed by atoms with van der Waals surface area (Å²) in [7, 11) is 0.